The van der Waals surface area contributed by atoms with Gasteiger partial charge < -0.3 is 20.0 Å². The lowest BCUT2D eigenvalue weighted by Gasteiger charge is -2.38. The van der Waals surface area contributed by atoms with Gasteiger partial charge in [0.25, 0.3) is 0 Å². The van der Waals surface area contributed by atoms with Crippen LogP contribution in [-0.4, -0.2) is 75.0 Å². The van der Waals surface area contributed by atoms with Gasteiger partial charge in [-0.05, 0) is 30.7 Å². The number of likely N-dealkylation sites (N-methyl/N-ethyl adjacent to an activating group) is 1. The Balaban J connectivity index is 1.99. The van der Waals surface area contributed by atoms with Gasteiger partial charge in [-0.25, -0.2) is 4.99 Å². The van der Waals surface area contributed by atoms with E-state index in [0.717, 1.165) is 30.8 Å². The highest BCUT2D eigenvalue weighted by molar-refractivity contribution is 5.85. The molecule has 1 saturated heterocycles. The summed E-state index contributed by atoms with van der Waals surface area (Å²) in [5.74, 6) is 0.628. The van der Waals surface area contributed by atoms with Gasteiger partial charge in [0.2, 0.25) is 5.91 Å². The Kier molecular flexibility index (Phi) is 7.53. The molecule has 0 radical (unpaired) electrons. The summed E-state index contributed by atoms with van der Waals surface area (Å²) < 4.78 is 38.1. The summed E-state index contributed by atoms with van der Waals surface area (Å²) in [6.07, 6.45) is -3.39. The average molecular weight is 399 g/mol. The van der Waals surface area contributed by atoms with E-state index in [9.17, 15) is 18.0 Å². The van der Waals surface area contributed by atoms with E-state index in [1.807, 2.05) is 0 Å². The van der Waals surface area contributed by atoms with Gasteiger partial charge >= 0.3 is 6.18 Å². The van der Waals surface area contributed by atoms with Gasteiger partial charge in [-0.1, -0.05) is 6.92 Å². The first kappa shape index (κ1) is 21.8. The maximum absolute atomic E-state index is 12.7. The second-order valence-electron chi connectivity index (χ2n) is 6.87. The van der Waals surface area contributed by atoms with Crippen molar-refractivity contribution in [1.29, 1.82) is 0 Å². The predicted molar refractivity (Wildman–Crippen MR) is 105 cm³/mol. The van der Waals surface area contributed by atoms with Crippen LogP contribution in [0.5, 0.6) is 0 Å². The number of guanidine groups is 1. The second-order valence-corrected chi connectivity index (χ2v) is 6.87. The summed E-state index contributed by atoms with van der Waals surface area (Å²) >= 11 is 0. The van der Waals surface area contributed by atoms with Crippen molar-refractivity contribution in [2.75, 3.05) is 58.3 Å². The molecule has 1 fully saturated rings. The highest BCUT2D eigenvalue weighted by atomic mass is 19.4. The van der Waals surface area contributed by atoms with Crippen LogP contribution in [0, 0.1) is 0 Å². The number of amides is 1. The van der Waals surface area contributed by atoms with Crippen LogP contribution in [0.4, 0.5) is 18.9 Å². The topological polar surface area (TPSA) is 51.2 Å². The number of hydrogen-bond acceptors (Lipinski definition) is 3. The van der Waals surface area contributed by atoms with E-state index in [1.165, 1.54) is 17.0 Å². The molecule has 156 valence electrons. The standard InChI is InChI=1S/C19H28F3N5O/c1-4-9-23-18(24-14-17(28)25(2)3)27-12-10-26(11-13-27)16-7-5-15(6-8-16)19(20,21)22/h5-8H,4,9-14H2,1-3H3,(H,23,24). The van der Waals surface area contributed by atoms with Gasteiger partial charge in [0.15, 0.2) is 5.96 Å². The van der Waals surface area contributed by atoms with Gasteiger partial charge in [0.05, 0.1) is 5.56 Å². The first-order valence-corrected chi connectivity index (χ1v) is 9.38. The quantitative estimate of drug-likeness (QED) is 0.610. The molecule has 6 nitrogen and oxygen atoms in total. The lowest BCUT2D eigenvalue weighted by atomic mass is 10.1. The molecular weight excluding hydrogens is 371 g/mol. The molecule has 28 heavy (non-hydrogen) atoms. The van der Waals surface area contributed by atoms with Crippen LogP contribution in [0.25, 0.3) is 0 Å². The maximum atomic E-state index is 12.7. The molecule has 1 heterocycles. The Bertz CT molecular complexity index is 665. The maximum Gasteiger partial charge on any atom is 0.416 e. The van der Waals surface area contributed by atoms with Crippen LogP contribution in [0.3, 0.4) is 0 Å². The van der Waals surface area contributed by atoms with Crippen LogP contribution in [0.2, 0.25) is 0 Å². The van der Waals surface area contributed by atoms with Crippen molar-refractivity contribution in [1.82, 2.24) is 15.1 Å². The highest BCUT2D eigenvalue weighted by Crippen LogP contribution is 2.30. The van der Waals surface area contributed by atoms with Crippen molar-refractivity contribution in [3.05, 3.63) is 29.8 Å². The Morgan fingerprint density at radius 3 is 2.25 bits per heavy atom. The summed E-state index contributed by atoms with van der Waals surface area (Å²) in [5.41, 5.74) is 0.133. The number of halogens is 3. The summed E-state index contributed by atoms with van der Waals surface area (Å²) in [7, 11) is 3.39. The Labute approximate surface area is 164 Å². The fourth-order valence-corrected chi connectivity index (χ4v) is 2.83. The Morgan fingerprint density at radius 2 is 1.75 bits per heavy atom. The van der Waals surface area contributed by atoms with E-state index in [-0.39, 0.29) is 12.5 Å². The predicted octanol–water partition coefficient (Wildman–Crippen LogP) is 2.27. The monoisotopic (exact) mass is 399 g/mol. The number of carbonyl (C=O) groups excluding carboxylic acids is 1. The lowest BCUT2D eigenvalue weighted by molar-refractivity contribution is -0.137. The third kappa shape index (κ3) is 6.03. The zero-order valence-corrected chi connectivity index (χ0v) is 16.6. The number of aliphatic imine (C=N–C) groups is 1. The van der Waals surface area contributed by atoms with Crippen LogP contribution in [0.15, 0.2) is 29.3 Å². The number of nitrogens with zero attached hydrogens (tertiary/aromatic N) is 4. The number of nitrogens with one attached hydrogen (secondary N) is 1. The average Bonchev–Trinajstić information content (AvgIpc) is 2.67. The smallest absolute Gasteiger partial charge is 0.368 e. The molecule has 1 aromatic rings. The molecule has 1 aliphatic heterocycles. The van der Waals surface area contributed by atoms with Crippen molar-refractivity contribution in [3.63, 3.8) is 0 Å². The summed E-state index contributed by atoms with van der Waals surface area (Å²) in [6, 6.07) is 5.26. The normalized spacial score (nSPS) is 15.6. The van der Waals surface area contributed by atoms with Crippen LogP contribution in [-0.2, 0) is 11.0 Å². The van der Waals surface area contributed by atoms with Crippen LogP contribution < -0.4 is 10.2 Å². The molecule has 0 atom stereocenters. The zero-order valence-electron chi connectivity index (χ0n) is 16.6. The van der Waals surface area contributed by atoms with E-state index in [1.54, 1.807) is 14.1 Å². The minimum Gasteiger partial charge on any atom is -0.368 e. The Hall–Kier alpha value is -2.45. The lowest BCUT2D eigenvalue weighted by Crippen LogP contribution is -2.53. The van der Waals surface area contributed by atoms with Crippen molar-refractivity contribution in [2.45, 2.75) is 19.5 Å². The third-order valence-electron chi connectivity index (χ3n) is 4.53. The summed E-state index contributed by atoms with van der Waals surface area (Å²) in [4.78, 5) is 21.9. The molecule has 1 N–H and O–H groups in total. The number of carbonyl (C=O) groups is 1. The first-order chi connectivity index (χ1) is 13.2. The van der Waals surface area contributed by atoms with Crippen LogP contribution >= 0.6 is 0 Å². The second kappa shape index (κ2) is 9.66. The highest BCUT2D eigenvalue weighted by Gasteiger charge is 2.30. The van der Waals surface area contributed by atoms with Crippen LogP contribution in [0.1, 0.15) is 18.9 Å². The van der Waals surface area contributed by atoms with E-state index in [4.69, 9.17) is 0 Å². The minimum atomic E-state index is -4.32. The molecular formula is C19H28F3N5O. The van der Waals surface area contributed by atoms with Gasteiger partial charge in [-0.15, -0.1) is 0 Å². The molecule has 0 bridgehead atoms. The number of hydrogen-bond donors (Lipinski definition) is 1. The molecule has 0 saturated carbocycles. The van der Waals surface area contributed by atoms with E-state index >= 15 is 0 Å². The molecule has 0 aromatic heterocycles. The van der Waals surface area contributed by atoms with Crippen molar-refractivity contribution in [3.8, 4) is 0 Å². The fraction of sp³-hybridized carbons (Fsp3) is 0.579. The largest absolute Gasteiger partial charge is 0.416 e. The van der Waals surface area contributed by atoms with Crippen molar-refractivity contribution in [2.24, 2.45) is 4.99 Å². The SMILES string of the molecule is CCCNC(=NCC(=O)N(C)C)N1CCN(c2ccc(C(F)(F)F)cc2)CC1. The van der Waals surface area contributed by atoms with E-state index < -0.39 is 11.7 Å². The molecule has 1 aliphatic rings. The van der Waals surface area contributed by atoms with Gasteiger partial charge in [0, 0.05) is 52.5 Å². The van der Waals surface area contributed by atoms with Crippen molar-refractivity contribution >= 4 is 17.6 Å². The molecule has 1 aromatic carbocycles. The molecule has 0 unspecified atom stereocenters. The molecule has 0 spiro atoms. The third-order valence-corrected chi connectivity index (χ3v) is 4.53. The summed E-state index contributed by atoms with van der Waals surface area (Å²) in [6.45, 7) is 5.57. The van der Waals surface area contributed by atoms with Gasteiger partial charge in [-0.3, -0.25) is 4.79 Å². The Morgan fingerprint density at radius 1 is 1.14 bits per heavy atom. The summed E-state index contributed by atoms with van der Waals surface area (Å²) in [5, 5.41) is 3.27. The zero-order chi connectivity index (χ0) is 20.7. The van der Waals surface area contributed by atoms with Crippen molar-refractivity contribution < 1.29 is 18.0 Å². The molecule has 1 amide bonds. The number of anilines is 1. The van der Waals surface area contributed by atoms with E-state index in [2.05, 4.69) is 27.0 Å². The number of alkyl halides is 3. The first-order valence-electron chi connectivity index (χ1n) is 9.38. The minimum absolute atomic E-state index is 0.0702. The number of benzene rings is 1. The number of piperazine rings is 1. The molecule has 2 rings (SSSR count). The number of rotatable bonds is 5. The molecule has 9 heteroatoms. The fourth-order valence-electron chi connectivity index (χ4n) is 2.83. The van der Waals surface area contributed by atoms with Gasteiger partial charge in [0.1, 0.15) is 6.54 Å². The van der Waals surface area contributed by atoms with E-state index in [0.29, 0.717) is 32.1 Å². The van der Waals surface area contributed by atoms with Gasteiger partial charge in [-0.2, -0.15) is 13.2 Å². The molecule has 0 aliphatic carbocycles.